The van der Waals surface area contributed by atoms with E-state index in [1.165, 1.54) is 21.8 Å². The van der Waals surface area contributed by atoms with Gasteiger partial charge in [0, 0.05) is 29.7 Å². The summed E-state index contributed by atoms with van der Waals surface area (Å²) < 4.78 is 13.3. The highest BCUT2D eigenvalue weighted by Gasteiger charge is 2.34. The Kier molecular flexibility index (Phi) is 7.48. The number of benzene rings is 2. The third-order valence-corrected chi connectivity index (χ3v) is 6.64. The maximum atomic E-state index is 13.9. The molecule has 0 radical (unpaired) electrons. The zero-order chi connectivity index (χ0) is 26.5. The number of carbonyl (C=O) groups is 2. The van der Waals surface area contributed by atoms with Gasteiger partial charge in [0.05, 0.1) is 0 Å². The van der Waals surface area contributed by atoms with Crippen LogP contribution in [0.1, 0.15) is 42.9 Å². The van der Waals surface area contributed by atoms with Crippen LogP contribution in [0.2, 0.25) is 0 Å². The molecule has 194 valence electrons. The number of amides is 2. The average Bonchev–Trinajstić information content (AvgIpc) is 3.61. The summed E-state index contributed by atoms with van der Waals surface area (Å²) in [6, 6.07) is 15.8. The van der Waals surface area contributed by atoms with Gasteiger partial charge in [0.15, 0.2) is 0 Å². The minimum atomic E-state index is -0.922. The average molecular weight is 514 g/mol. The first kappa shape index (κ1) is 25.2. The molecule has 0 saturated heterocycles. The van der Waals surface area contributed by atoms with Crippen LogP contribution in [0.5, 0.6) is 0 Å². The van der Waals surface area contributed by atoms with Gasteiger partial charge in [0.1, 0.15) is 18.4 Å². The SMILES string of the molecule is Cc1ccc(N(C(=O)Cn2nnc(-c3ccc(F)cc3)n2)[C@H](C(=O)NC2CCCC2)c2ccncc2)cc1. The second-order valence-electron chi connectivity index (χ2n) is 9.42. The van der Waals surface area contributed by atoms with Crippen molar-refractivity contribution in [1.82, 2.24) is 30.5 Å². The van der Waals surface area contributed by atoms with Crippen LogP contribution in [-0.2, 0) is 16.1 Å². The molecule has 10 heteroatoms. The maximum Gasteiger partial charge on any atom is 0.251 e. The number of aryl methyl sites for hydroxylation is 1. The molecule has 1 saturated carbocycles. The first-order valence-electron chi connectivity index (χ1n) is 12.6. The topological polar surface area (TPSA) is 106 Å². The van der Waals surface area contributed by atoms with Gasteiger partial charge in [-0.3, -0.25) is 19.5 Å². The highest BCUT2D eigenvalue weighted by Crippen LogP contribution is 2.29. The van der Waals surface area contributed by atoms with E-state index in [4.69, 9.17) is 0 Å². The molecule has 0 spiro atoms. The first-order chi connectivity index (χ1) is 18.5. The molecule has 1 atom stereocenters. The summed E-state index contributed by atoms with van der Waals surface area (Å²) in [5.74, 6) is -0.747. The molecule has 0 bridgehead atoms. The van der Waals surface area contributed by atoms with Crippen LogP contribution in [0, 0.1) is 12.7 Å². The zero-order valence-electron chi connectivity index (χ0n) is 21.0. The maximum absolute atomic E-state index is 13.9. The van der Waals surface area contributed by atoms with Crippen molar-refractivity contribution < 1.29 is 14.0 Å². The normalized spacial score (nSPS) is 14.3. The first-order valence-corrected chi connectivity index (χ1v) is 12.6. The molecule has 0 aliphatic heterocycles. The van der Waals surface area contributed by atoms with Crippen LogP contribution >= 0.6 is 0 Å². The largest absolute Gasteiger partial charge is 0.351 e. The van der Waals surface area contributed by atoms with Gasteiger partial charge in [-0.05, 0) is 79.1 Å². The summed E-state index contributed by atoms with van der Waals surface area (Å²) in [5.41, 5.74) is 2.82. The Morgan fingerprint density at radius 2 is 1.71 bits per heavy atom. The summed E-state index contributed by atoms with van der Waals surface area (Å²) in [7, 11) is 0. The molecule has 5 rings (SSSR count). The lowest BCUT2D eigenvalue weighted by Gasteiger charge is -2.32. The molecule has 1 N–H and O–H groups in total. The van der Waals surface area contributed by atoms with Crippen molar-refractivity contribution in [2.24, 2.45) is 0 Å². The van der Waals surface area contributed by atoms with E-state index in [1.807, 2.05) is 31.2 Å². The van der Waals surface area contributed by atoms with E-state index in [2.05, 4.69) is 25.7 Å². The highest BCUT2D eigenvalue weighted by atomic mass is 19.1. The Bertz CT molecular complexity index is 1380. The van der Waals surface area contributed by atoms with Gasteiger partial charge in [0.2, 0.25) is 11.7 Å². The number of nitrogens with zero attached hydrogens (tertiary/aromatic N) is 6. The number of nitrogens with one attached hydrogen (secondary N) is 1. The molecule has 4 aromatic rings. The minimum absolute atomic E-state index is 0.0806. The van der Waals surface area contributed by atoms with Gasteiger partial charge < -0.3 is 5.32 Å². The molecule has 1 fully saturated rings. The fraction of sp³-hybridized carbons (Fsp3) is 0.286. The molecule has 2 aromatic heterocycles. The van der Waals surface area contributed by atoms with E-state index in [-0.39, 0.29) is 36.0 Å². The number of pyridine rings is 1. The van der Waals surface area contributed by atoms with Crippen LogP contribution in [0.4, 0.5) is 10.1 Å². The molecule has 1 aliphatic carbocycles. The number of halogens is 1. The van der Waals surface area contributed by atoms with Crippen molar-refractivity contribution >= 4 is 17.5 Å². The van der Waals surface area contributed by atoms with Crippen molar-refractivity contribution in [3.8, 4) is 11.4 Å². The fourth-order valence-electron chi connectivity index (χ4n) is 4.68. The second-order valence-corrected chi connectivity index (χ2v) is 9.42. The number of carbonyl (C=O) groups excluding carboxylic acids is 2. The van der Waals surface area contributed by atoms with Gasteiger partial charge in [0.25, 0.3) is 5.91 Å². The lowest BCUT2D eigenvalue weighted by atomic mass is 10.0. The van der Waals surface area contributed by atoms with E-state index >= 15 is 0 Å². The summed E-state index contributed by atoms with van der Waals surface area (Å²) >= 11 is 0. The van der Waals surface area contributed by atoms with Gasteiger partial charge in [-0.15, -0.1) is 10.2 Å². The number of hydrogen-bond acceptors (Lipinski definition) is 6. The summed E-state index contributed by atoms with van der Waals surface area (Å²) in [6.07, 6.45) is 7.19. The molecular formula is C28H28FN7O2. The standard InChI is InChI=1S/C28H28FN7O2/c1-19-6-12-24(13-7-19)36(25(37)18-35-33-27(32-34-35)21-8-10-22(29)11-9-21)26(20-14-16-30-17-15-20)28(38)31-23-4-2-3-5-23/h6-17,23,26H,2-5,18H2,1H3,(H,31,38)/t26-/m0/s1. The highest BCUT2D eigenvalue weighted by molar-refractivity contribution is 6.01. The van der Waals surface area contributed by atoms with E-state index < -0.39 is 6.04 Å². The zero-order valence-corrected chi connectivity index (χ0v) is 21.0. The quantitative estimate of drug-likeness (QED) is 0.382. The monoisotopic (exact) mass is 513 g/mol. The van der Waals surface area contributed by atoms with Crippen molar-refractivity contribution in [3.05, 3.63) is 90.0 Å². The molecule has 2 aromatic carbocycles. The summed E-state index contributed by atoms with van der Waals surface area (Å²) in [5, 5.41) is 15.5. The molecule has 1 aliphatic rings. The van der Waals surface area contributed by atoms with Crippen LogP contribution in [0.15, 0.2) is 73.1 Å². The van der Waals surface area contributed by atoms with Crippen LogP contribution in [0.25, 0.3) is 11.4 Å². The van der Waals surface area contributed by atoms with E-state index in [9.17, 15) is 14.0 Å². The summed E-state index contributed by atoms with van der Waals surface area (Å²) in [4.78, 5) is 34.4. The minimum Gasteiger partial charge on any atom is -0.351 e. The molecular weight excluding hydrogens is 485 g/mol. The van der Waals surface area contributed by atoms with E-state index in [0.717, 1.165) is 31.2 Å². The third-order valence-electron chi connectivity index (χ3n) is 6.64. The lowest BCUT2D eigenvalue weighted by molar-refractivity contribution is -0.127. The van der Waals surface area contributed by atoms with E-state index in [0.29, 0.717) is 16.8 Å². The Morgan fingerprint density at radius 3 is 2.39 bits per heavy atom. The second kappa shape index (κ2) is 11.3. The van der Waals surface area contributed by atoms with Crippen molar-refractivity contribution in [1.29, 1.82) is 0 Å². The molecule has 38 heavy (non-hydrogen) atoms. The number of hydrogen-bond donors (Lipinski definition) is 1. The van der Waals surface area contributed by atoms with Crippen LogP contribution in [-0.4, -0.2) is 43.0 Å². The number of tetrazole rings is 1. The predicted molar refractivity (Wildman–Crippen MR) is 139 cm³/mol. The molecule has 2 heterocycles. The fourth-order valence-corrected chi connectivity index (χ4v) is 4.68. The Balaban J connectivity index is 1.48. The molecule has 2 amide bonds. The molecule has 9 nitrogen and oxygen atoms in total. The van der Waals surface area contributed by atoms with Crippen molar-refractivity contribution in [2.75, 3.05) is 4.90 Å². The third kappa shape index (κ3) is 5.74. The smallest absolute Gasteiger partial charge is 0.251 e. The number of anilines is 1. The Labute approximate surface area is 219 Å². The van der Waals surface area contributed by atoms with Crippen LogP contribution < -0.4 is 10.2 Å². The predicted octanol–water partition coefficient (Wildman–Crippen LogP) is 4.02. The number of aromatic nitrogens is 5. The summed E-state index contributed by atoms with van der Waals surface area (Å²) in [6.45, 7) is 1.71. The van der Waals surface area contributed by atoms with Crippen molar-refractivity contribution in [2.45, 2.75) is 51.2 Å². The number of rotatable bonds is 8. The Hall–Kier alpha value is -4.47. The molecule has 0 unspecified atom stereocenters. The van der Waals surface area contributed by atoms with Crippen molar-refractivity contribution in [3.63, 3.8) is 0 Å². The van der Waals surface area contributed by atoms with Gasteiger partial charge in [-0.2, -0.15) is 4.80 Å². The van der Waals surface area contributed by atoms with Gasteiger partial charge in [-0.25, -0.2) is 4.39 Å². The van der Waals surface area contributed by atoms with Gasteiger partial charge >= 0.3 is 0 Å². The lowest BCUT2D eigenvalue weighted by Crippen LogP contribution is -2.47. The Morgan fingerprint density at radius 1 is 1.03 bits per heavy atom. The van der Waals surface area contributed by atoms with Gasteiger partial charge in [-0.1, -0.05) is 30.5 Å². The van der Waals surface area contributed by atoms with Crippen LogP contribution in [0.3, 0.4) is 0 Å². The van der Waals surface area contributed by atoms with E-state index in [1.54, 1.807) is 36.7 Å².